The van der Waals surface area contributed by atoms with Crippen molar-refractivity contribution >= 4 is 21.2 Å². The van der Waals surface area contributed by atoms with Crippen LogP contribution in [0.25, 0.3) is 0 Å². The molecular formula is C8H13NO3S2. The van der Waals surface area contributed by atoms with Gasteiger partial charge in [-0.1, -0.05) is 0 Å². The molecule has 0 amide bonds. The van der Waals surface area contributed by atoms with Gasteiger partial charge in [0, 0.05) is 11.6 Å². The summed E-state index contributed by atoms with van der Waals surface area (Å²) in [4.78, 5) is 4.05. The smallest absolute Gasteiger partial charge is 0.152 e. The van der Waals surface area contributed by atoms with E-state index in [9.17, 15) is 13.5 Å². The van der Waals surface area contributed by atoms with Gasteiger partial charge in [0.05, 0.1) is 16.0 Å². The molecule has 0 radical (unpaired) electrons. The van der Waals surface area contributed by atoms with Crippen LogP contribution in [-0.4, -0.2) is 30.0 Å². The van der Waals surface area contributed by atoms with Crippen LogP contribution in [0.2, 0.25) is 0 Å². The van der Waals surface area contributed by atoms with Crippen molar-refractivity contribution in [3.8, 4) is 0 Å². The van der Waals surface area contributed by atoms with E-state index in [4.69, 9.17) is 0 Å². The van der Waals surface area contributed by atoms with Gasteiger partial charge in [0.15, 0.2) is 9.84 Å². The molecule has 0 aliphatic rings. The molecule has 0 saturated heterocycles. The molecule has 1 rings (SSSR count). The first-order chi connectivity index (χ1) is 6.32. The monoisotopic (exact) mass is 235 g/mol. The SMILES string of the molecule is Cc1nc(C(O)C(C)S(C)(=O)=O)cs1. The van der Waals surface area contributed by atoms with Crippen LogP contribution < -0.4 is 0 Å². The number of aryl methyl sites for hydroxylation is 1. The van der Waals surface area contributed by atoms with E-state index in [1.54, 1.807) is 5.38 Å². The van der Waals surface area contributed by atoms with Crippen molar-refractivity contribution in [2.75, 3.05) is 6.26 Å². The molecule has 0 saturated carbocycles. The van der Waals surface area contributed by atoms with Gasteiger partial charge in [-0.2, -0.15) is 0 Å². The lowest BCUT2D eigenvalue weighted by Crippen LogP contribution is -2.24. The summed E-state index contributed by atoms with van der Waals surface area (Å²) >= 11 is 1.39. The predicted octanol–water partition coefficient (Wildman–Crippen LogP) is 0.918. The number of hydrogen-bond donors (Lipinski definition) is 1. The van der Waals surface area contributed by atoms with Crippen LogP contribution in [0.3, 0.4) is 0 Å². The topological polar surface area (TPSA) is 67.3 Å². The summed E-state index contributed by atoms with van der Waals surface area (Å²) in [5, 5.41) is 11.4. The first-order valence-electron chi connectivity index (χ1n) is 4.11. The molecule has 1 heterocycles. The Labute approximate surface area is 87.5 Å². The van der Waals surface area contributed by atoms with Gasteiger partial charge in [0.25, 0.3) is 0 Å². The average Bonchev–Trinajstić information content (AvgIpc) is 2.47. The molecule has 0 aliphatic carbocycles. The molecule has 1 aromatic heterocycles. The van der Waals surface area contributed by atoms with Crippen molar-refractivity contribution in [1.82, 2.24) is 4.98 Å². The third-order valence-electron chi connectivity index (χ3n) is 2.06. The number of aliphatic hydroxyl groups is 1. The minimum absolute atomic E-state index is 0.436. The zero-order chi connectivity index (χ0) is 10.9. The normalized spacial score (nSPS) is 16.6. The van der Waals surface area contributed by atoms with Crippen molar-refractivity contribution in [2.45, 2.75) is 25.2 Å². The van der Waals surface area contributed by atoms with Crippen molar-refractivity contribution in [3.63, 3.8) is 0 Å². The van der Waals surface area contributed by atoms with E-state index in [0.29, 0.717) is 5.69 Å². The quantitative estimate of drug-likeness (QED) is 0.846. The zero-order valence-corrected chi connectivity index (χ0v) is 9.89. The molecule has 0 bridgehead atoms. The van der Waals surface area contributed by atoms with E-state index in [0.717, 1.165) is 11.3 Å². The molecule has 1 N–H and O–H groups in total. The Morgan fingerprint density at radius 2 is 2.14 bits per heavy atom. The van der Waals surface area contributed by atoms with E-state index in [1.165, 1.54) is 18.3 Å². The van der Waals surface area contributed by atoms with Gasteiger partial charge in [-0.15, -0.1) is 11.3 Å². The standard InChI is InChI=1S/C8H13NO3S2/c1-5(14(3,11)12)8(10)7-4-13-6(2)9-7/h4-5,8,10H,1-3H3. The third kappa shape index (κ3) is 2.52. The molecule has 0 fully saturated rings. The number of rotatable bonds is 3. The minimum Gasteiger partial charge on any atom is -0.385 e. The number of hydrogen-bond acceptors (Lipinski definition) is 5. The molecular weight excluding hydrogens is 222 g/mol. The second-order valence-corrected chi connectivity index (χ2v) is 6.74. The van der Waals surface area contributed by atoms with Crippen molar-refractivity contribution in [1.29, 1.82) is 0 Å². The molecule has 4 nitrogen and oxygen atoms in total. The van der Waals surface area contributed by atoms with E-state index < -0.39 is 21.2 Å². The Kier molecular flexibility index (Phi) is 3.28. The van der Waals surface area contributed by atoms with E-state index in [2.05, 4.69) is 4.98 Å². The third-order valence-corrected chi connectivity index (χ3v) is 4.46. The summed E-state index contributed by atoms with van der Waals surface area (Å²) in [5.41, 5.74) is 0.436. The van der Waals surface area contributed by atoms with E-state index in [1.807, 2.05) is 6.92 Å². The Bertz CT molecular complexity index is 410. The van der Waals surface area contributed by atoms with Gasteiger partial charge in [0.1, 0.15) is 6.10 Å². The lowest BCUT2D eigenvalue weighted by atomic mass is 10.2. The van der Waals surface area contributed by atoms with Crippen LogP contribution in [0.1, 0.15) is 23.7 Å². The number of aliphatic hydroxyl groups excluding tert-OH is 1. The maximum Gasteiger partial charge on any atom is 0.152 e. The van der Waals surface area contributed by atoms with Gasteiger partial charge in [-0.25, -0.2) is 13.4 Å². The maximum absolute atomic E-state index is 11.2. The molecule has 1 aromatic rings. The molecule has 14 heavy (non-hydrogen) atoms. The van der Waals surface area contributed by atoms with Crippen LogP contribution in [0.5, 0.6) is 0 Å². The van der Waals surface area contributed by atoms with Gasteiger partial charge in [-0.05, 0) is 13.8 Å². The molecule has 0 spiro atoms. The summed E-state index contributed by atoms with van der Waals surface area (Å²) in [5.74, 6) is 0. The Morgan fingerprint density at radius 1 is 1.57 bits per heavy atom. The number of sulfone groups is 1. The molecule has 6 heteroatoms. The van der Waals surface area contributed by atoms with Crippen LogP contribution in [-0.2, 0) is 9.84 Å². The fraction of sp³-hybridized carbons (Fsp3) is 0.625. The van der Waals surface area contributed by atoms with Crippen molar-refractivity contribution < 1.29 is 13.5 Å². The van der Waals surface area contributed by atoms with E-state index in [-0.39, 0.29) is 0 Å². The number of aromatic nitrogens is 1. The summed E-state index contributed by atoms with van der Waals surface area (Å²) in [6.07, 6.45) is 0.0788. The van der Waals surface area contributed by atoms with Crippen molar-refractivity contribution in [3.05, 3.63) is 16.1 Å². The highest BCUT2D eigenvalue weighted by atomic mass is 32.2. The largest absolute Gasteiger partial charge is 0.385 e. The summed E-state index contributed by atoms with van der Waals surface area (Å²) in [7, 11) is -3.23. The van der Waals surface area contributed by atoms with Gasteiger partial charge >= 0.3 is 0 Å². The van der Waals surface area contributed by atoms with Crippen LogP contribution in [0.4, 0.5) is 0 Å². The van der Waals surface area contributed by atoms with Crippen LogP contribution >= 0.6 is 11.3 Å². The summed E-state index contributed by atoms with van der Waals surface area (Å²) in [6, 6.07) is 0. The predicted molar refractivity (Wildman–Crippen MR) is 56.1 cm³/mol. The second-order valence-electron chi connectivity index (χ2n) is 3.27. The molecule has 2 unspecified atom stereocenters. The fourth-order valence-corrected chi connectivity index (χ4v) is 2.24. The zero-order valence-electron chi connectivity index (χ0n) is 8.26. The van der Waals surface area contributed by atoms with E-state index >= 15 is 0 Å². The molecule has 2 atom stereocenters. The lowest BCUT2D eigenvalue weighted by molar-refractivity contribution is 0.172. The Hall–Kier alpha value is -0.460. The average molecular weight is 235 g/mol. The molecule has 0 aromatic carbocycles. The van der Waals surface area contributed by atoms with Gasteiger partial charge in [0.2, 0.25) is 0 Å². The van der Waals surface area contributed by atoms with Crippen LogP contribution in [0.15, 0.2) is 5.38 Å². The summed E-state index contributed by atoms with van der Waals surface area (Å²) < 4.78 is 22.3. The maximum atomic E-state index is 11.2. The van der Waals surface area contributed by atoms with Gasteiger partial charge < -0.3 is 5.11 Å². The van der Waals surface area contributed by atoms with Gasteiger partial charge in [-0.3, -0.25) is 0 Å². The second kappa shape index (κ2) is 3.96. The number of nitrogens with zero attached hydrogens (tertiary/aromatic N) is 1. The minimum atomic E-state index is -3.23. The first-order valence-corrected chi connectivity index (χ1v) is 6.94. The molecule has 0 aliphatic heterocycles. The number of thiazole rings is 1. The highest BCUT2D eigenvalue weighted by Gasteiger charge is 2.26. The Balaban J connectivity index is 2.91. The van der Waals surface area contributed by atoms with Crippen molar-refractivity contribution in [2.24, 2.45) is 0 Å². The lowest BCUT2D eigenvalue weighted by Gasteiger charge is -2.14. The molecule has 80 valence electrons. The fourth-order valence-electron chi connectivity index (χ4n) is 0.991. The highest BCUT2D eigenvalue weighted by Crippen LogP contribution is 2.22. The van der Waals surface area contributed by atoms with Crippen LogP contribution in [0, 0.1) is 6.92 Å². The first kappa shape index (κ1) is 11.6. The highest BCUT2D eigenvalue weighted by molar-refractivity contribution is 7.91. The Morgan fingerprint density at radius 3 is 2.50 bits per heavy atom. The summed E-state index contributed by atoms with van der Waals surface area (Å²) in [6.45, 7) is 3.29.